The molecule has 0 radical (unpaired) electrons. The minimum atomic E-state index is -3.68. The highest BCUT2D eigenvalue weighted by Crippen LogP contribution is 2.17. The largest absolute Gasteiger partial charge is 0.389 e. The van der Waals surface area contributed by atoms with E-state index in [9.17, 15) is 18.3 Å². The number of nitrogens with one attached hydrogen (secondary N) is 2. The number of rotatable bonds is 5. The minimum Gasteiger partial charge on any atom is -0.389 e. The second-order valence-electron chi connectivity index (χ2n) is 4.25. The molecule has 20 heavy (non-hydrogen) atoms. The molecule has 2 aromatic rings. The lowest BCUT2D eigenvalue weighted by Crippen LogP contribution is -2.23. The Balaban J connectivity index is 2.17. The van der Waals surface area contributed by atoms with Crippen LogP contribution in [0.2, 0.25) is 0 Å². The highest BCUT2D eigenvalue weighted by Gasteiger charge is 2.15. The maximum absolute atomic E-state index is 12.1. The number of H-pyrrole nitrogens is 1. The minimum absolute atomic E-state index is 0.0139. The molecule has 1 heterocycles. The SMILES string of the molecule is CC(O)c1cccc(S(=O)(=O)NCc2csc(=O)[nH]2)c1. The molecule has 0 aliphatic rings. The Bertz CT molecular complexity index is 747. The van der Waals surface area contributed by atoms with Crippen LogP contribution in [0, 0.1) is 0 Å². The lowest BCUT2D eigenvalue weighted by Gasteiger charge is -2.09. The van der Waals surface area contributed by atoms with Gasteiger partial charge in [0.05, 0.1) is 17.5 Å². The van der Waals surface area contributed by atoms with Crippen LogP contribution in [0.1, 0.15) is 24.3 Å². The maximum atomic E-state index is 12.1. The zero-order valence-electron chi connectivity index (χ0n) is 10.7. The van der Waals surface area contributed by atoms with Crippen LogP contribution in [0.15, 0.2) is 39.3 Å². The van der Waals surface area contributed by atoms with Crippen molar-refractivity contribution in [3.8, 4) is 0 Å². The first-order valence-corrected chi connectivity index (χ1v) is 8.19. The van der Waals surface area contributed by atoms with Crippen molar-refractivity contribution >= 4 is 21.4 Å². The van der Waals surface area contributed by atoms with Gasteiger partial charge in [0, 0.05) is 11.1 Å². The zero-order valence-corrected chi connectivity index (χ0v) is 12.3. The topological polar surface area (TPSA) is 99.3 Å². The quantitative estimate of drug-likeness (QED) is 0.765. The summed E-state index contributed by atoms with van der Waals surface area (Å²) in [5, 5.41) is 11.0. The van der Waals surface area contributed by atoms with E-state index < -0.39 is 16.1 Å². The van der Waals surface area contributed by atoms with Crippen molar-refractivity contribution < 1.29 is 13.5 Å². The Labute approximate surface area is 120 Å². The van der Waals surface area contributed by atoms with E-state index in [1.54, 1.807) is 24.4 Å². The smallest absolute Gasteiger partial charge is 0.304 e. The highest BCUT2D eigenvalue weighted by atomic mass is 32.2. The lowest BCUT2D eigenvalue weighted by molar-refractivity contribution is 0.199. The first-order chi connectivity index (χ1) is 9.38. The van der Waals surface area contributed by atoms with Gasteiger partial charge in [-0.3, -0.25) is 4.79 Å². The predicted molar refractivity (Wildman–Crippen MR) is 76.0 cm³/mol. The van der Waals surface area contributed by atoms with Crippen molar-refractivity contribution in [2.75, 3.05) is 0 Å². The number of aliphatic hydroxyl groups excluding tert-OH is 1. The number of aromatic amines is 1. The van der Waals surface area contributed by atoms with Crippen molar-refractivity contribution in [3.05, 3.63) is 50.6 Å². The molecule has 1 aromatic heterocycles. The van der Waals surface area contributed by atoms with Gasteiger partial charge < -0.3 is 10.1 Å². The summed E-state index contributed by atoms with van der Waals surface area (Å²) >= 11 is 0.978. The lowest BCUT2D eigenvalue weighted by atomic mass is 10.1. The molecule has 2 rings (SSSR count). The second kappa shape index (κ2) is 5.88. The molecule has 0 aliphatic carbocycles. The Kier molecular flexibility index (Phi) is 4.39. The summed E-state index contributed by atoms with van der Waals surface area (Å²) in [5.74, 6) is 0. The number of aliphatic hydroxyl groups is 1. The summed E-state index contributed by atoms with van der Waals surface area (Å²) < 4.78 is 26.6. The number of hydrogen-bond donors (Lipinski definition) is 3. The van der Waals surface area contributed by atoms with Gasteiger partial charge in [0.25, 0.3) is 0 Å². The van der Waals surface area contributed by atoms with Crippen molar-refractivity contribution in [1.82, 2.24) is 9.71 Å². The Hall–Kier alpha value is -1.48. The van der Waals surface area contributed by atoms with Gasteiger partial charge in [0.15, 0.2) is 0 Å². The van der Waals surface area contributed by atoms with Crippen molar-refractivity contribution in [2.24, 2.45) is 0 Å². The van der Waals surface area contributed by atoms with Gasteiger partial charge in [-0.1, -0.05) is 23.5 Å². The van der Waals surface area contributed by atoms with Crippen LogP contribution in [-0.2, 0) is 16.6 Å². The molecule has 8 heteroatoms. The van der Waals surface area contributed by atoms with Gasteiger partial charge in [-0.2, -0.15) is 0 Å². The third kappa shape index (κ3) is 3.54. The number of benzene rings is 1. The summed E-state index contributed by atoms with van der Waals surface area (Å²) in [4.78, 5) is 13.3. The third-order valence-electron chi connectivity index (χ3n) is 2.67. The molecule has 0 bridgehead atoms. The summed E-state index contributed by atoms with van der Waals surface area (Å²) in [6.45, 7) is 1.58. The van der Waals surface area contributed by atoms with E-state index in [0.717, 1.165) is 11.3 Å². The number of thiazole rings is 1. The first-order valence-electron chi connectivity index (χ1n) is 5.83. The van der Waals surface area contributed by atoms with E-state index in [1.165, 1.54) is 12.1 Å². The van der Waals surface area contributed by atoms with Crippen LogP contribution in [0.25, 0.3) is 0 Å². The van der Waals surface area contributed by atoms with Gasteiger partial charge in [0.1, 0.15) is 0 Å². The fourth-order valence-electron chi connectivity index (χ4n) is 1.60. The van der Waals surface area contributed by atoms with Crippen LogP contribution >= 0.6 is 11.3 Å². The molecule has 3 N–H and O–H groups in total. The van der Waals surface area contributed by atoms with E-state index in [0.29, 0.717) is 11.3 Å². The third-order valence-corrected chi connectivity index (χ3v) is 4.79. The van der Waals surface area contributed by atoms with Gasteiger partial charge in [-0.05, 0) is 24.6 Å². The molecule has 6 nitrogen and oxygen atoms in total. The summed E-state index contributed by atoms with van der Waals surface area (Å²) in [6.07, 6.45) is -0.738. The summed E-state index contributed by atoms with van der Waals surface area (Å²) in [7, 11) is -3.68. The van der Waals surface area contributed by atoms with Crippen LogP contribution < -0.4 is 9.60 Å². The standard InChI is InChI=1S/C12H14N2O4S2/c1-8(15)9-3-2-4-11(5-9)20(17,18)13-6-10-7-19-12(16)14-10/h2-5,7-8,13,15H,6H2,1H3,(H,14,16). The molecular weight excluding hydrogens is 300 g/mol. The van der Waals surface area contributed by atoms with E-state index in [4.69, 9.17) is 0 Å². The van der Waals surface area contributed by atoms with E-state index in [-0.39, 0.29) is 16.3 Å². The van der Waals surface area contributed by atoms with Crippen molar-refractivity contribution in [3.63, 3.8) is 0 Å². The number of hydrogen-bond acceptors (Lipinski definition) is 5. The fraction of sp³-hybridized carbons (Fsp3) is 0.250. The molecule has 1 aromatic carbocycles. The Morgan fingerprint density at radius 2 is 2.20 bits per heavy atom. The van der Waals surface area contributed by atoms with Gasteiger partial charge >= 0.3 is 4.87 Å². The van der Waals surface area contributed by atoms with Crippen molar-refractivity contribution in [2.45, 2.75) is 24.5 Å². The van der Waals surface area contributed by atoms with Gasteiger partial charge in [0.2, 0.25) is 10.0 Å². The molecule has 0 spiro atoms. The molecule has 1 unspecified atom stereocenters. The molecule has 1 atom stereocenters. The second-order valence-corrected chi connectivity index (χ2v) is 6.86. The highest BCUT2D eigenvalue weighted by molar-refractivity contribution is 7.89. The number of sulfonamides is 1. The molecule has 0 amide bonds. The Morgan fingerprint density at radius 1 is 1.45 bits per heavy atom. The monoisotopic (exact) mass is 314 g/mol. The summed E-state index contributed by atoms with van der Waals surface area (Å²) in [5.41, 5.74) is 1.03. The Morgan fingerprint density at radius 3 is 2.80 bits per heavy atom. The molecule has 108 valence electrons. The summed E-state index contributed by atoms with van der Waals surface area (Å²) in [6, 6.07) is 6.09. The van der Waals surface area contributed by atoms with E-state index >= 15 is 0 Å². The van der Waals surface area contributed by atoms with Crippen LogP contribution in [0.5, 0.6) is 0 Å². The average molecular weight is 314 g/mol. The maximum Gasteiger partial charge on any atom is 0.304 e. The van der Waals surface area contributed by atoms with Crippen LogP contribution in [0.3, 0.4) is 0 Å². The van der Waals surface area contributed by atoms with E-state index in [2.05, 4.69) is 9.71 Å². The van der Waals surface area contributed by atoms with E-state index in [1.807, 2.05) is 0 Å². The molecular formula is C12H14N2O4S2. The molecule has 0 fully saturated rings. The first kappa shape index (κ1) is 14.9. The number of aromatic nitrogens is 1. The van der Waals surface area contributed by atoms with Crippen LogP contribution in [-0.4, -0.2) is 18.5 Å². The predicted octanol–water partition coefficient (Wildman–Crippen LogP) is 0.968. The van der Waals surface area contributed by atoms with Gasteiger partial charge in [-0.15, -0.1) is 0 Å². The normalized spacial score (nSPS) is 13.3. The molecule has 0 saturated carbocycles. The average Bonchev–Trinajstić information content (AvgIpc) is 2.82. The molecule has 0 saturated heterocycles. The molecule has 0 aliphatic heterocycles. The van der Waals surface area contributed by atoms with Gasteiger partial charge in [-0.25, -0.2) is 13.1 Å². The van der Waals surface area contributed by atoms with Crippen molar-refractivity contribution in [1.29, 1.82) is 0 Å². The van der Waals surface area contributed by atoms with Crippen LogP contribution in [0.4, 0.5) is 0 Å². The zero-order chi connectivity index (χ0) is 14.8. The fourth-order valence-corrected chi connectivity index (χ4v) is 3.24.